The summed E-state index contributed by atoms with van der Waals surface area (Å²) in [6.45, 7) is 3.28. The quantitative estimate of drug-likeness (QED) is 0.601. The molecule has 1 N–H and O–H groups in total. The summed E-state index contributed by atoms with van der Waals surface area (Å²) in [6.07, 6.45) is 4.37. The van der Waals surface area contributed by atoms with Gasteiger partial charge in [-0.25, -0.2) is 0 Å². The van der Waals surface area contributed by atoms with Crippen LogP contribution >= 0.6 is 11.8 Å². The Hall–Kier alpha value is -0.110. The highest BCUT2D eigenvalue weighted by Gasteiger charge is 2.10. The summed E-state index contributed by atoms with van der Waals surface area (Å²) in [4.78, 5) is 0. The maximum atomic E-state index is 3.24. The van der Waals surface area contributed by atoms with Crippen LogP contribution in [0.1, 0.15) is 6.92 Å². The minimum Gasteiger partial charge on any atom is -0.384 e. The molecule has 0 radical (unpaired) electrons. The highest BCUT2D eigenvalue weighted by molar-refractivity contribution is 7.99. The predicted molar refractivity (Wildman–Crippen MR) is 39.1 cm³/mol. The van der Waals surface area contributed by atoms with Crippen molar-refractivity contribution in [2.24, 2.45) is 0 Å². The largest absolute Gasteiger partial charge is 0.384 e. The molecule has 0 aromatic rings. The molecule has 0 aliphatic carbocycles. The molecule has 0 aromatic carbocycles. The number of nitrogens with one attached hydrogen (secondary N) is 1. The van der Waals surface area contributed by atoms with E-state index in [9.17, 15) is 0 Å². The van der Waals surface area contributed by atoms with Gasteiger partial charge in [-0.1, -0.05) is 0 Å². The number of rotatable bonds is 2. The van der Waals surface area contributed by atoms with Gasteiger partial charge in [-0.2, -0.15) is 11.8 Å². The predicted octanol–water partition coefficient (Wildman–Crippen LogP) is 1.22. The molecule has 1 rings (SSSR count). The fourth-order valence-corrected chi connectivity index (χ4v) is 1.09. The SMILES string of the molecule is CS[C@H](C)C1=CCN1. The highest BCUT2D eigenvalue weighted by atomic mass is 32.2. The molecule has 46 valence electrons. The molecule has 1 nitrogen and oxygen atoms in total. The van der Waals surface area contributed by atoms with Crippen LogP contribution in [0.4, 0.5) is 0 Å². The molecule has 1 atom stereocenters. The number of hydrogen-bond acceptors (Lipinski definition) is 2. The van der Waals surface area contributed by atoms with Crippen molar-refractivity contribution < 1.29 is 0 Å². The second-order valence-corrected chi connectivity index (χ2v) is 3.10. The Labute approximate surface area is 54.5 Å². The molecule has 8 heavy (non-hydrogen) atoms. The van der Waals surface area contributed by atoms with Gasteiger partial charge < -0.3 is 5.32 Å². The van der Waals surface area contributed by atoms with Gasteiger partial charge in [0, 0.05) is 17.5 Å². The molecule has 0 saturated heterocycles. The van der Waals surface area contributed by atoms with E-state index in [1.165, 1.54) is 5.70 Å². The summed E-state index contributed by atoms with van der Waals surface area (Å²) in [5, 5.41) is 3.91. The van der Waals surface area contributed by atoms with Crippen molar-refractivity contribution in [1.82, 2.24) is 5.32 Å². The lowest BCUT2D eigenvalue weighted by Crippen LogP contribution is -2.29. The van der Waals surface area contributed by atoms with E-state index >= 15 is 0 Å². The van der Waals surface area contributed by atoms with Gasteiger partial charge in [0.1, 0.15) is 0 Å². The van der Waals surface area contributed by atoms with Gasteiger partial charge in [0.05, 0.1) is 0 Å². The smallest absolute Gasteiger partial charge is 0.0411 e. The van der Waals surface area contributed by atoms with Gasteiger partial charge in [0.2, 0.25) is 0 Å². The topological polar surface area (TPSA) is 12.0 Å². The first kappa shape index (κ1) is 6.02. The third-order valence-corrected chi connectivity index (χ3v) is 2.38. The average molecular weight is 129 g/mol. The second-order valence-electron chi connectivity index (χ2n) is 1.92. The van der Waals surface area contributed by atoms with E-state index in [2.05, 4.69) is 24.6 Å². The average Bonchev–Trinajstić information content (AvgIpc) is 1.62. The van der Waals surface area contributed by atoms with E-state index in [0.29, 0.717) is 5.25 Å². The van der Waals surface area contributed by atoms with E-state index < -0.39 is 0 Å². The maximum absolute atomic E-state index is 3.24. The van der Waals surface area contributed by atoms with Crippen LogP contribution in [0.15, 0.2) is 11.8 Å². The summed E-state index contributed by atoms with van der Waals surface area (Å²) in [5.41, 5.74) is 1.40. The lowest BCUT2D eigenvalue weighted by molar-refractivity contribution is 0.770. The van der Waals surface area contributed by atoms with Gasteiger partial charge in [0.25, 0.3) is 0 Å². The van der Waals surface area contributed by atoms with Gasteiger partial charge >= 0.3 is 0 Å². The Balaban J connectivity index is 2.34. The summed E-state index contributed by atoms with van der Waals surface area (Å²) < 4.78 is 0. The Bertz CT molecular complexity index is 109. The van der Waals surface area contributed by atoms with Crippen LogP contribution in [-0.4, -0.2) is 18.1 Å². The molecule has 0 bridgehead atoms. The summed E-state index contributed by atoms with van der Waals surface area (Å²) in [6, 6.07) is 0. The molecule has 2 heteroatoms. The van der Waals surface area contributed by atoms with Crippen LogP contribution in [0.25, 0.3) is 0 Å². The summed E-state index contributed by atoms with van der Waals surface area (Å²) in [5.74, 6) is 0. The van der Waals surface area contributed by atoms with E-state index in [1.807, 2.05) is 11.8 Å². The molecule has 1 heterocycles. The van der Waals surface area contributed by atoms with Crippen LogP contribution in [0.2, 0.25) is 0 Å². The zero-order chi connectivity index (χ0) is 5.98. The third kappa shape index (κ3) is 0.996. The Kier molecular flexibility index (Phi) is 1.84. The fourth-order valence-electron chi connectivity index (χ4n) is 0.657. The standard InChI is InChI=1S/C6H11NS/c1-5(8-2)6-3-4-7-6/h3,5,7H,4H2,1-2H3/t5-/m1/s1. The Morgan fingerprint density at radius 2 is 2.50 bits per heavy atom. The van der Waals surface area contributed by atoms with Gasteiger partial charge in [-0.05, 0) is 19.3 Å². The molecule has 0 spiro atoms. The second kappa shape index (κ2) is 2.44. The minimum absolute atomic E-state index is 0.670. The maximum Gasteiger partial charge on any atom is 0.0411 e. The third-order valence-electron chi connectivity index (χ3n) is 1.42. The number of hydrogen-bond donors (Lipinski definition) is 1. The molecule has 0 fully saturated rings. The first-order chi connectivity index (χ1) is 3.84. The fraction of sp³-hybridized carbons (Fsp3) is 0.667. The molecule has 1 aliphatic heterocycles. The van der Waals surface area contributed by atoms with E-state index in [-0.39, 0.29) is 0 Å². The number of thioether (sulfide) groups is 1. The molecule has 0 unspecified atom stereocenters. The minimum atomic E-state index is 0.670. The Morgan fingerprint density at radius 1 is 1.88 bits per heavy atom. The van der Waals surface area contributed by atoms with Crippen molar-refractivity contribution in [2.75, 3.05) is 12.8 Å². The van der Waals surface area contributed by atoms with E-state index in [0.717, 1.165) is 6.54 Å². The zero-order valence-corrected chi connectivity index (χ0v) is 6.09. The van der Waals surface area contributed by atoms with Crippen molar-refractivity contribution >= 4 is 11.8 Å². The monoisotopic (exact) mass is 129 g/mol. The summed E-state index contributed by atoms with van der Waals surface area (Å²) >= 11 is 1.88. The molecule has 1 aliphatic rings. The lowest BCUT2D eigenvalue weighted by Gasteiger charge is -2.22. The molecule has 0 amide bonds. The molecule has 0 saturated carbocycles. The van der Waals surface area contributed by atoms with Crippen molar-refractivity contribution in [3.05, 3.63) is 11.8 Å². The van der Waals surface area contributed by atoms with E-state index in [4.69, 9.17) is 0 Å². The van der Waals surface area contributed by atoms with Gasteiger partial charge in [-0.15, -0.1) is 0 Å². The van der Waals surface area contributed by atoms with Crippen LogP contribution in [0.5, 0.6) is 0 Å². The normalized spacial score (nSPS) is 20.5. The zero-order valence-electron chi connectivity index (χ0n) is 5.27. The first-order valence-corrected chi connectivity index (χ1v) is 4.10. The Morgan fingerprint density at radius 3 is 2.62 bits per heavy atom. The van der Waals surface area contributed by atoms with Gasteiger partial charge in [0.15, 0.2) is 0 Å². The van der Waals surface area contributed by atoms with Crippen LogP contribution in [-0.2, 0) is 0 Å². The van der Waals surface area contributed by atoms with Crippen molar-refractivity contribution in [2.45, 2.75) is 12.2 Å². The van der Waals surface area contributed by atoms with E-state index in [1.54, 1.807) is 0 Å². The van der Waals surface area contributed by atoms with Crippen LogP contribution in [0.3, 0.4) is 0 Å². The highest BCUT2D eigenvalue weighted by Crippen LogP contribution is 2.16. The molecular formula is C6H11NS. The molecular weight excluding hydrogens is 118 g/mol. The van der Waals surface area contributed by atoms with Crippen molar-refractivity contribution in [3.63, 3.8) is 0 Å². The van der Waals surface area contributed by atoms with Crippen molar-refractivity contribution in [1.29, 1.82) is 0 Å². The van der Waals surface area contributed by atoms with Crippen LogP contribution in [0, 0.1) is 0 Å². The lowest BCUT2D eigenvalue weighted by atomic mass is 10.2. The van der Waals surface area contributed by atoms with Gasteiger partial charge in [-0.3, -0.25) is 0 Å². The summed E-state index contributed by atoms with van der Waals surface area (Å²) in [7, 11) is 0. The first-order valence-electron chi connectivity index (χ1n) is 2.81. The molecule has 0 aromatic heterocycles. The van der Waals surface area contributed by atoms with Crippen LogP contribution < -0.4 is 5.32 Å². The van der Waals surface area contributed by atoms with Crippen molar-refractivity contribution in [3.8, 4) is 0 Å².